The van der Waals surface area contributed by atoms with Crippen molar-refractivity contribution in [1.29, 1.82) is 0 Å². The van der Waals surface area contributed by atoms with Crippen molar-refractivity contribution in [2.75, 3.05) is 13.7 Å². The van der Waals surface area contributed by atoms with Crippen LogP contribution >= 0.6 is 23.2 Å². The van der Waals surface area contributed by atoms with Crippen LogP contribution in [-0.2, 0) is 26.9 Å². The van der Waals surface area contributed by atoms with Crippen LogP contribution in [0, 0.1) is 5.41 Å². The normalized spacial score (nSPS) is 22.0. The second kappa shape index (κ2) is 13.2. The lowest BCUT2D eigenvalue weighted by atomic mass is 9.76. The molecule has 0 radical (unpaired) electrons. The highest BCUT2D eigenvalue weighted by molar-refractivity contribution is 6.74. The number of aromatic carboxylic acids is 1. The van der Waals surface area contributed by atoms with E-state index in [4.69, 9.17) is 41.8 Å². The summed E-state index contributed by atoms with van der Waals surface area (Å²) in [7, 11) is -0.781. The summed E-state index contributed by atoms with van der Waals surface area (Å²) < 4.78 is 27.5. The van der Waals surface area contributed by atoms with Crippen molar-refractivity contribution in [3.63, 3.8) is 0 Å². The first kappa shape index (κ1) is 34.3. The molecular formula is C33H40Cl2N4O6Si. The average molecular weight is 688 g/mol. The summed E-state index contributed by atoms with van der Waals surface area (Å²) in [4.78, 5) is 25.4. The molecule has 0 aliphatic carbocycles. The van der Waals surface area contributed by atoms with Crippen molar-refractivity contribution in [2.45, 2.75) is 77.3 Å². The van der Waals surface area contributed by atoms with E-state index in [2.05, 4.69) is 55.7 Å². The van der Waals surface area contributed by atoms with Gasteiger partial charge in [0.1, 0.15) is 23.6 Å². The van der Waals surface area contributed by atoms with E-state index >= 15 is 0 Å². The second-order valence-electron chi connectivity index (χ2n) is 13.4. The molecule has 4 atom stereocenters. The van der Waals surface area contributed by atoms with E-state index in [9.17, 15) is 9.90 Å². The van der Waals surface area contributed by atoms with Crippen molar-refractivity contribution in [3.05, 3.63) is 82.0 Å². The van der Waals surface area contributed by atoms with Crippen LogP contribution in [0.4, 0.5) is 0 Å². The number of rotatable bonds is 11. The Kier molecular flexibility index (Phi) is 9.84. The molecule has 246 valence electrons. The lowest BCUT2D eigenvalue weighted by Gasteiger charge is -2.44. The second-order valence-corrected chi connectivity index (χ2v) is 18.9. The highest BCUT2D eigenvalue weighted by Crippen LogP contribution is 2.53. The molecule has 46 heavy (non-hydrogen) atoms. The van der Waals surface area contributed by atoms with Gasteiger partial charge in [-0.15, -0.1) is 0 Å². The Labute approximate surface area is 280 Å². The molecule has 0 amide bonds. The number of nitrogens with zero attached hydrogens (tertiary/aromatic N) is 4. The zero-order valence-corrected chi connectivity index (χ0v) is 29.6. The highest BCUT2D eigenvalue weighted by atomic mass is 35.5. The minimum absolute atomic E-state index is 0.0244. The summed E-state index contributed by atoms with van der Waals surface area (Å²) in [6.45, 7) is 13.6. The van der Waals surface area contributed by atoms with Crippen LogP contribution in [0.15, 0.2) is 54.9 Å². The molecule has 13 heteroatoms. The zero-order chi connectivity index (χ0) is 33.4. The zero-order valence-electron chi connectivity index (χ0n) is 27.1. The maximum atomic E-state index is 12.3. The Morgan fingerprint density at radius 2 is 1.80 bits per heavy atom. The van der Waals surface area contributed by atoms with E-state index < -0.39 is 38.1 Å². The standard InChI is InChI=1S/C33H40Cl2N4O6Si/c1-32(2,3)46(6,7)45-26-24(18-43-17-20-12-14-22(42-5)15-13-20)44-30(39-19-36-25-27(34)37-31(35)38-28(25)39)33(26,4)16-21-10-8-9-11-23(21)29(40)41/h8-15,19,24,26,30H,16-18H2,1-7H3,(H,40,41)/t24-,26+,30-,33+/m1/s1. The molecule has 1 saturated heterocycles. The van der Waals surface area contributed by atoms with E-state index in [1.807, 2.05) is 36.4 Å². The summed E-state index contributed by atoms with van der Waals surface area (Å²) >= 11 is 12.7. The monoisotopic (exact) mass is 686 g/mol. The molecule has 0 saturated carbocycles. The van der Waals surface area contributed by atoms with Gasteiger partial charge in [-0.3, -0.25) is 4.57 Å². The molecule has 3 heterocycles. The number of aromatic nitrogens is 4. The van der Waals surface area contributed by atoms with Gasteiger partial charge in [-0.2, -0.15) is 4.98 Å². The Morgan fingerprint density at radius 3 is 2.46 bits per heavy atom. The van der Waals surface area contributed by atoms with Gasteiger partial charge in [0.2, 0.25) is 5.28 Å². The maximum Gasteiger partial charge on any atom is 0.335 e. The van der Waals surface area contributed by atoms with Gasteiger partial charge in [0.25, 0.3) is 0 Å². The van der Waals surface area contributed by atoms with E-state index in [0.717, 1.165) is 11.3 Å². The van der Waals surface area contributed by atoms with Gasteiger partial charge in [0.15, 0.2) is 19.1 Å². The molecular weight excluding hydrogens is 647 g/mol. The van der Waals surface area contributed by atoms with Crippen molar-refractivity contribution in [2.24, 2.45) is 5.41 Å². The molecule has 1 aliphatic rings. The fourth-order valence-corrected chi connectivity index (χ4v) is 7.53. The fourth-order valence-electron chi connectivity index (χ4n) is 5.70. The van der Waals surface area contributed by atoms with Crippen LogP contribution in [-0.4, -0.2) is 64.8 Å². The average Bonchev–Trinajstić information content (AvgIpc) is 3.51. The third kappa shape index (κ3) is 6.81. The van der Waals surface area contributed by atoms with Crippen LogP contribution in [0.25, 0.3) is 11.2 Å². The van der Waals surface area contributed by atoms with Crippen molar-refractivity contribution >= 4 is 48.7 Å². The molecule has 5 rings (SSSR count). The summed E-state index contributed by atoms with van der Waals surface area (Å²) in [5, 5.41) is 10.1. The van der Waals surface area contributed by atoms with E-state index in [0.29, 0.717) is 29.8 Å². The number of fused-ring (bicyclic) bond motifs is 1. The summed E-state index contributed by atoms with van der Waals surface area (Å²) in [6, 6.07) is 14.7. The van der Waals surface area contributed by atoms with Crippen LogP contribution in [0.5, 0.6) is 5.75 Å². The molecule has 1 fully saturated rings. The Hall–Kier alpha value is -3.06. The molecule has 1 N–H and O–H groups in total. The minimum atomic E-state index is -2.41. The first-order valence-corrected chi connectivity index (χ1v) is 18.7. The Balaban J connectivity index is 1.60. The molecule has 0 spiro atoms. The van der Waals surface area contributed by atoms with Gasteiger partial charge < -0.3 is 23.7 Å². The van der Waals surface area contributed by atoms with Crippen LogP contribution in [0.1, 0.15) is 55.4 Å². The lowest BCUT2D eigenvalue weighted by Crippen LogP contribution is -2.52. The number of benzene rings is 2. The topological polar surface area (TPSA) is 118 Å². The number of carbonyl (C=O) groups is 1. The largest absolute Gasteiger partial charge is 0.497 e. The number of methoxy groups -OCH3 is 1. The number of carboxylic acid groups (broad SMARTS) is 1. The van der Waals surface area contributed by atoms with Gasteiger partial charge >= 0.3 is 5.97 Å². The third-order valence-electron chi connectivity index (χ3n) is 9.22. The number of hydrogen-bond acceptors (Lipinski definition) is 8. The quantitative estimate of drug-likeness (QED) is 0.0967. The molecule has 10 nitrogen and oxygen atoms in total. The molecule has 4 aromatic rings. The SMILES string of the molecule is COc1ccc(COC[C@H]2O[C@@H](n3cnc4c(Cl)nc(Cl)nc43)[C@@](C)(Cc3ccccc3C(=O)O)[C@H]2O[Si](C)(C)C(C)(C)C)cc1. The molecule has 1 aliphatic heterocycles. The summed E-state index contributed by atoms with van der Waals surface area (Å²) in [5.41, 5.74) is 1.81. The van der Waals surface area contributed by atoms with E-state index in [1.165, 1.54) is 0 Å². The number of imidazole rings is 1. The van der Waals surface area contributed by atoms with Gasteiger partial charge in [-0.05, 0) is 65.5 Å². The van der Waals surface area contributed by atoms with Crippen molar-refractivity contribution in [3.8, 4) is 5.75 Å². The number of halogens is 2. The predicted molar refractivity (Wildman–Crippen MR) is 179 cm³/mol. The van der Waals surface area contributed by atoms with Crippen LogP contribution < -0.4 is 4.74 Å². The first-order valence-electron chi connectivity index (χ1n) is 15.1. The van der Waals surface area contributed by atoms with Crippen molar-refractivity contribution < 1.29 is 28.5 Å². The number of ether oxygens (including phenoxy) is 3. The minimum Gasteiger partial charge on any atom is -0.497 e. The Bertz CT molecular complexity index is 1710. The first-order chi connectivity index (χ1) is 21.6. The molecule has 2 aromatic carbocycles. The van der Waals surface area contributed by atoms with Crippen LogP contribution in [0.3, 0.4) is 0 Å². The summed E-state index contributed by atoms with van der Waals surface area (Å²) in [6.07, 6.45) is 0.203. The third-order valence-corrected chi connectivity index (χ3v) is 14.1. The smallest absolute Gasteiger partial charge is 0.335 e. The lowest BCUT2D eigenvalue weighted by molar-refractivity contribution is -0.0675. The van der Waals surface area contributed by atoms with Gasteiger partial charge in [0, 0.05) is 5.41 Å². The highest BCUT2D eigenvalue weighted by Gasteiger charge is 2.58. The van der Waals surface area contributed by atoms with Crippen LogP contribution in [0.2, 0.25) is 28.6 Å². The van der Waals surface area contributed by atoms with E-state index in [-0.39, 0.29) is 27.6 Å². The molecule has 0 unspecified atom stereocenters. The number of carboxylic acids is 1. The fraction of sp³-hybridized carbons (Fsp3) is 0.455. The Morgan fingerprint density at radius 1 is 1.11 bits per heavy atom. The van der Waals surface area contributed by atoms with Gasteiger partial charge in [-0.25, -0.2) is 14.8 Å². The van der Waals surface area contributed by atoms with E-state index in [1.54, 1.807) is 30.1 Å². The van der Waals surface area contributed by atoms with Gasteiger partial charge in [-0.1, -0.05) is 69.6 Å². The van der Waals surface area contributed by atoms with Crippen molar-refractivity contribution in [1.82, 2.24) is 19.5 Å². The summed E-state index contributed by atoms with van der Waals surface area (Å²) in [5.74, 6) is -0.238. The number of hydrogen-bond donors (Lipinski definition) is 1. The molecule has 0 bridgehead atoms. The maximum absolute atomic E-state index is 12.3. The predicted octanol–water partition coefficient (Wildman–Crippen LogP) is 7.59. The molecule has 2 aromatic heterocycles. The van der Waals surface area contributed by atoms with Gasteiger partial charge in [0.05, 0.1) is 38.3 Å².